The van der Waals surface area contributed by atoms with Gasteiger partial charge in [0.15, 0.2) is 0 Å². The average Bonchev–Trinajstić information content (AvgIpc) is 3.02. The van der Waals surface area contributed by atoms with Gasteiger partial charge in [-0.25, -0.2) is 0 Å². The standard InChI is InChI=1S/C11H13N3O3S/c15-7-4-14(5-8(7)16)6-10-12-11(13-17-10)9-2-1-3-18-9/h1-3,7-8,15-16H,4-6H2/t7-,8+. The first-order chi connectivity index (χ1) is 8.72. The van der Waals surface area contributed by atoms with Crippen molar-refractivity contribution in [2.75, 3.05) is 13.1 Å². The lowest BCUT2D eigenvalue weighted by atomic mass is 10.3. The van der Waals surface area contributed by atoms with E-state index in [9.17, 15) is 10.2 Å². The van der Waals surface area contributed by atoms with Crippen LogP contribution in [0.2, 0.25) is 0 Å². The van der Waals surface area contributed by atoms with Gasteiger partial charge in [-0.05, 0) is 11.4 Å². The second-order valence-corrected chi connectivity index (χ2v) is 5.27. The highest BCUT2D eigenvalue weighted by Crippen LogP contribution is 2.22. The summed E-state index contributed by atoms with van der Waals surface area (Å²) in [6.07, 6.45) is -1.38. The quantitative estimate of drug-likeness (QED) is 0.834. The Hall–Kier alpha value is -1.28. The van der Waals surface area contributed by atoms with Crippen LogP contribution in [0.5, 0.6) is 0 Å². The van der Waals surface area contributed by atoms with Crippen LogP contribution in [0.1, 0.15) is 5.89 Å². The summed E-state index contributed by atoms with van der Waals surface area (Å²) in [4.78, 5) is 7.15. The molecule has 1 aliphatic heterocycles. The molecule has 1 aliphatic rings. The summed E-state index contributed by atoms with van der Waals surface area (Å²) in [5.41, 5.74) is 0. The fourth-order valence-electron chi connectivity index (χ4n) is 1.99. The molecule has 2 atom stereocenters. The van der Waals surface area contributed by atoms with Gasteiger partial charge in [0, 0.05) is 13.1 Å². The van der Waals surface area contributed by atoms with Crippen molar-refractivity contribution >= 4 is 11.3 Å². The molecule has 0 spiro atoms. The summed E-state index contributed by atoms with van der Waals surface area (Å²) in [5, 5.41) is 24.8. The molecule has 2 aromatic rings. The smallest absolute Gasteiger partial charge is 0.241 e. The largest absolute Gasteiger partial charge is 0.389 e. The Labute approximate surface area is 107 Å². The number of β-amino-alcohol motifs (C(OH)–C–C–N with tert-alkyl or cyclic N) is 2. The van der Waals surface area contributed by atoms with Gasteiger partial charge in [-0.15, -0.1) is 11.3 Å². The third-order valence-electron chi connectivity index (χ3n) is 2.90. The number of likely N-dealkylation sites (tertiary alicyclic amines) is 1. The highest BCUT2D eigenvalue weighted by molar-refractivity contribution is 7.13. The Bertz CT molecular complexity index is 503. The van der Waals surface area contributed by atoms with E-state index in [2.05, 4.69) is 10.1 Å². The molecule has 2 N–H and O–H groups in total. The predicted octanol–water partition coefficient (Wildman–Crippen LogP) is 0.335. The van der Waals surface area contributed by atoms with Crippen molar-refractivity contribution in [3.63, 3.8) is 0 Å². The summed E-state index contributed by atoms with van der Waals surface area (Å²) in [6, 6.07) is 3.87. The molecule has 0 saturated carbocycles. The second-order valence-electron chi connectivity index (χ2n) is 4.32. The number of aliphatic hydroxyl groups excluding tert-OH is 2. The van der Waals surface area contributed by atoms with Gasteiger partial charge < -0.3 is 14.7 Å². The van der Waals surface area contributed by atoms with E-state index in [1.54, 1.807) is 11.3 Å². The monoisotopic (exact) mass is 267 g/mol. The van der Waals surface area contributed by atoms with E-state index in [1.165, 1.54) is 0 Å². The highest BCUT2D eigenvalue weighted by atomic mass is 32.1. The van der Waals surface area contributed by atoms with Gasteiger partial charge in [0.1, 0.15) is 0 Å². The Morgan fingerprint density at radius 1 is 1.39 bits per heavy atom. The van der Waals surface area contributed by atoms with Crippen molar-refractivity contribution < 1.29 is 14.7 Å². The maximum Gasteiger partial charge on any atom is 0.241 e. The maximum atomic E-state index is 9.44. The Morgan fingerprint density at radius 2 is 2.17 bits per heavy atom. The van der Waals surface area contributed by atoms with Crippen molar-refractivity contribution in [1.82, 2.24) is 15.0 Å². The van der Waals surface area contributed by atoms with Gasteiger partial charge in [-0.1, -0.05) is 11.2 Å². The van der Waals surface area contributed by atoms with E-state index < -0.39 is 12.2 Å². The molecule has 1 saturated heterocycles. The van der Waals surface area contributed by atoms with Crippen LogP contribution in [0, 0.1) is 0 Å². The number of aromatic nitrogens is 2. The minimum absolute atomic E-state index is 0.428. The van der Waals surface area contributed by atoms with Crippen LogP contribution in [-0.2, 0) is 6.54 Å². The van der Waals surface area contributed by atoms with Crippen LogP contribution < -0.4 is 0 Å². The van der Waals surface area contributed by atoms with Gasteiger partial charge in [-0.2, -0.15) is 4.98 Å². The number of rotatable bonds is 3. The lowest BCUT2D eigenvalue weighted by Gasteiger charge is -2.10. The molecule has 0 amide bonds. The van der Waals surface area contributed by atoms with E-state index in [0.29, 0.717) is 31.3 Å². The van der Waals surface area contributed by atoms with E-state index >= 15 is 0 Å². The van der Waals surface area contributed by atoms with Crippen molar-refractivity contribution in [1.29, 1.82) is 0 Å². The van der Waals surface area contributed by atoms with Crippen LogP contribution >= 0.6 is 11.3 Å². The molecule has 3 rings (SSSR count). The first kappa shape index (κ1) is 11.8. The molecule has 0 bridgehead atoms. The zero-order valence-electron chi connectivity index (χ0n) is 9.56. The topological polar surface area (TPSA) is 82.6 Å². The molecule has 18 heavy (non-hydrogen) atoms. The van der Waals surface area contributed by atoms with E-state index in [0.717, 1.165) is 4.88 Å². The summed E-state index contributed by atoms with van der Waals surface area (Å²) in [6.45, 7) is 1.31. The lowest BCUT2D eigenvalue weighted by Crippen LogP contribution is -2.22. The molecule has 6 nitrogen and oxygen atoms in total. The summed E-state index contributed by atoms with van der Waals surface area (Å²) >= 11 is 1.55. The minimum atomic E-state index is -0.690. The molecule has 7 heteroatoms. The van der Waals surface area contributed by atoms with Gasteiger partial charge in [0.05, 0.1) is 23.6 Å². The van der Waals surface area contributed by atoms with Gasteiger partial charge >= 0.3 is 0 Å². The molecule has 96 valence electrons. The molecule has 1 fully saturated rings. The Balaban J connectivity index is 1.68. The summed E-state index contributed by atoms with van der Waals surface area (Å²) < 4.78 is 5.16. The number of nitrogens with zero attached hydrogens (tertiary/aromatic N) is 3. The highest BCUT2D eigenvalue weighted by Gasteiger charge is 2.30. The van der Waals surface area contributed by atoms with Crippen molar-refractivity contribution in [3.8, 4) is 10.7 Å². The number of thiophene rings is 1. The minimum Gasteiger partial charge on any atom is -0.389 e. The van der Waals surface area contributed by atoms with Crippen LogP contribution in [0.15, 0.2) is 22.0 Å². The number of hydrogen-bond donors (Lipinski definition) is 2. The first-order valence-corrected chi connectivity index (χ1v) is 6.55. The fourth-order valence-corrected chi connectivity index (χ4v) is 2.64. The number of aliphatic hydroxyl groups is 2. The number of hydrogen-bond acceptors (Lipinski definition) is 7. The van der Waals surface area contributed by atoms with E-state index in [4.69, 9.17) is 4.52 Å². The Kier molecular flexibility index (Phi) is 3.13. The molecule has 0 aromatic carbocycles. The van der Waals surface area contributed by atoms with E-state index in [1.807, 2.05) is 22.4 Å². The molecular formula is C11H13N3O3S. The zero-order valence-corrected chi connectivity index (χ0v) is 10.4. The van der Waals surface area contributed by atoms with Crippen LogP contribution in [0.4, 0.5) is 0 Å². The fraction of sp³-hybridized carbons (Fsp3) is 0.455. The van der Waals surface area contributed by atoms with Crippen molar-refractivity contribution in [2.45, 2.75) is 18.8 Å². The van der Waals surface area contributed by atoms with Crippen molar-refractivity contribution in [3.05, 3.63) is 23.4 Å². The molecule has 3 heterocycles. The zero-order chi connectivity index (χ0) is 12.5. The average molecular weight is 267 g/mol. The third-order valence-corrected chi connectivity index (χ3v) is 3.77. The van der Waals surface area contributed by atoms with Gasteiger partial charge in [0.25, 0.3) is 0 Å². The molecule has 2 aromatic heterocycles. The van der Waals surface area contributed by atoms with Crippen molar-refractivity contribution in [2.24, 2.45) is 0 Å². The SMILES string of the molecule is O[C@@H]1CN(Cc2nc(-c3cccs3)no2)C[C@@H]1O. The van der Waals surface area contributed by atoms with E-state index in [-0.39, 0.29) is 0 Å². The van der Waals surface area contributed by atoms with Gasteiger partial charge in [-0.3, -0.25) is 4.90 Å². The molecule has 0 aliphatic carbocycles. The third kappa shape index (κ3) is 2.30. The normalized spacial score (nSPS) is 24.8. The Morgan fingerprint density at radius 3 is 2.83 bits per heavy atom. The second kappa shape index (κ2) is 4.77. The van der Waals surface area contributed by atoms with Crippen LogP contribution in [-0.4, -0.2) is 50.6 Å². The molecular weight excluding hydrogens is 254 g/mol. The van der Waals surface area contributed by atoms with Gasteiger partial charge in [0.2, 0.25) is 11.7 Å². The maximum absolute atomic E-state index is 9.44. The summed E-state index contributed by atoms with van der Waals surface area (Å²) in [5.74, 6) is 1.08. The lowest BCUT2D eigenvalue weighted by molar-refractivity contribution is 0.0572. The molecule has 0 radical (unpaired) electrons. The van der Waals surface area contributed by atoms with Crippen LogP contribution in [0.25, 0.3) is 10.7 Å². The summed E-state index contributed by atoms with van der Waals surface area (Å²) in [7, 11) is 0. The predicted molar refractivity (Wildman–Crippen MR) is 64.9 cm³/mol. The van der Waals surface area contributed by atoms with Crippen LogP contribution in [0.3, 0.4) is 0 Å². The first-order valence-electron chi connectivity index (χ1n) is 5.67. The molecule has 0 unspecified atom stereocenters.